The highest BCUT2D eigenvalue weighted by atomic mass is 35.5. The van der Waals surface area contributed by atoms with E-state index in [2.05, 4.69) is 10.6 Å². The Kier molecular flexibility index (Phi) is 6.42. The molecule has 166 valence electrons. The molecule has 0 saturated heterocycles. The second kappa shape index (κ2) is 9.58. The first-order valence-electron chi connectivity index (χ1n) is 10.0. The van der Waals surface area contributed by atoms with E-state index in [0.717, 1.165) is 0 Å². The van der Waals surface area contributed by atoms with Crippen molar-refractivity contribution in [1.82, 2.24) is 5.32 Å². The van der Waals surface area contributed by atoms with Crippen LogP contribution in [-0.4, -0.2) is 24.4 Å². The van der Waals surface area contributed by atoms with Crippen LogP contribution in [-0.2, 0) is 4.79 Å². The van der Waals surface area contributed by atoms with Gasteiger partial charge in [0.05, 0.1) is 10.6 Å². The van der Waals surface area contributed by atoms with E-state index in [1.807, 2.05) is 0 Å². The van der Waals surface area contributed by atoms with Gasteiger partial charge in [-0.3, -0.25) is 14.4 Å². The molecule has 0 fully saturated rings. The number of benzene rings is 3. The van der Waals surface area contributed by atoms with Crippen LogP contribution in [0.4, 0.5) is 5.69 Å². The van der Waals surface area contributed by atoms with Gasteiger partial charge in [0.2, 0.25) is 6.79 Å². The minimum atomic E-state index is -0.575. The van der Waals surface area contributed by atoms with Gasteiger partial charge in [0.15, 0.2) is 17.3 Å². The molecular weight excluding hydrogens is 444 g/mol. The van der Waals surface area contributed by atoms with Gasteiger partial charge >= 0.3 is 0 Å². The van der Waals surface area contributed by atoms with Crippen LogP contribution in [0.1, 0.15) is 33.2 Å². The topological polar surface area (TPSA) is 93.7 Å². The fourth-order valence-electron chi connectivity index (χ4n) is 3.18. The van der Waals surface area contributed by atoms with Gasteiger partial charge in [-0.15, -0.1) is 0 Å². The Morgan fingerprint density at radius 1 is 0.939 bits per heavy atom. The van der Waals surface area contributed by atoms with Gasteiger partial charge in [-0.25, -0.2) is 0 Å². The third-order valence-corrected chi connectivity index (χ3v) is 5.18. The molecule has 1 aliphatic rings. The Morgan fingerprint density at radius 2 is 1.73 bits per heavy atom. The summed E-state index contributed by atoms with van der Waals surface area (Å²) in [7, 11) is 0. The van der Waals surface area contributed by atoms with Crippen molar-refractivity contribution in [2.24, 2.45) is 0 Å². The molecule has 33 heavy (non-hydrogen) atoms. The van der Waals surface area contributed by atoms with E-state index in [4.69, 9.17) is 21.1 Å². The number of halogens is 1. The zero-order chi connectivity index (χ0) is 23.4. The highest BCUT2D eigenvalue weighted by molar-refractivity contribution is 6.34. The SMILES string of the molecule is CC(=O)c1cccc(NC(=O)C(=Cc2ccc3c(c2)OCO3)NC(=O)c2ccccc2Cl)c1. The maximum absolute atomic E-state index is 13.1. The quantitative estimate of drug-likeness (QED) is 0.409. The van der Waals surface area contributed by atoms with Crippen molar-refractivity contribution in [1.29, 1.82) is 0 Å². The van der Waals surface area contributed by atoms with E-state index in [0.29, 0.717) is 28.3 Å². The van der Waals surface area contributed by atoms with Gasteiger partial charge in [0.25, 0.3) is 11.8 Å². The van der Waals surface area contributed by atoms with Crippen molar-refractivity contribution in [3.8, 4) is 11.5 Å². The van der Waals surface area contributed by atoms with Gasteiger partial charge in [0, 0.05) is 11.3 Å². The average molecular weight is 463 g/mol. The van der Waals surface area contributed by atoms with E-state index in [9.17, 15) is 14.4 Å². The molecule has 0 aliphatic carbocycles. The second-order valence-electron chi connectivity index (χ2n) is 7.20. The molecule has 0 saturated carbocycles. The highest BCUT2D eigenvalue weighted by Crippen LogP contribution is 2.33. The molecule has 8 heteroatoms. The lowest BCUT2D eigenvalue weighted by atomic mass is 10.1. The summed E-state index contributed by atoms with van der Waals surface area (Å²) in [5.74, 6) is -0.113. The number of rotatable bonds is 6. The van der Waals surface area contributed by atoms with E-state index >= 15 is 0 Å². The van der Waals surface area contributed by atoms with Crippen LogP contribution in [0.2, 0.25) is 5.02 Å². The normalized spacial score (nSPS) is 12.2. The van der Waals surface area contributed by atoms with Crippen LogP contribution in [0, 0.1) is 0 Å². The minimum absolute atomic E-state index is 0.0213. The Morgan fingerprint density at radius 3 is 2.52 bits per heavy atom. The Bertz CT molecular complexity index is 1290. The molecule has 2 amide bonds. The van der Waals surface area contributed by atoms with Crippen LogP contribution in [0.5, 0.6) is 11.5 Å². The number of anilines is 1. The Labute approximate surface area is 195 Å². The molecule has 0 radical (unpaired) electrons. The summed E-state index contributed by atoms with van der Waals surface area (Å²) < 4.78 is 10.7. The lowest BCUT2D eigenvalue weighted by Crippen LogP contribution is -2.31. The van der Waals surface area contributed by atoms with Crippen LogP contribution in [0.15, 0.2) is 72.4 Å². The Balaban J connectivity index is 1.65. The van der Waals surface area contributed by atoms with Crippen LogP contribution in [0.25, 0.3) is 6.08 Å². The zero-order valence-electron chi connectivity index (χ0n) is 17.6. The minimum Gasteiger partial charge on any atom is -0.454 e. The fraction of sp³-hybridized carbons (Fsp3) is 0.0800. The maximum atomic E-state index is 13.1. The van der Waals surface area contributed by atoms with Crippen LogP contribution < -0.4 is 20.1 Å². The predicted molar refractivity (Wildman–Crippen MR) is 125 cm³/mol. The van der Waals surface area contributed by atoms with Crippen molar-refractivity contribution in [2.45, 2.75) is 6.92 Å². The monoisotopic (exact) mass is 462 g/mol. The summed E-state index contributed by atoms with van der Waals surface area (Å²) in [6.45, 7) is 1.56. The number of hydrogen-bond donors (Lipinski definition) is 2. The van der Waals surface area contributed by atoms with Crippen molar-refractivity contribution in [2.75, 3.05) is 12.1 Å². The molecule has 0 aromatic heterocycles. The van der Waals surface area contributed by atoms with Gasteiger partial charge in [0.1, 0.15) is 5.70 Å². The maximum Gasteiger partial charge on any atom is 0.272 e. The lowest BCUT2D eigenvalue weighted by molar-refractivity contribution is -0.113. The van der Waals surface area contributed by atoms with E-state index < -0.39 is 11.8 Å². The number of carbonyl (C=O) groups is 3. The van der Waals surface area contributed by atoms with E-state index in [-0.39, 0.29) is 28.9 Å². The largest absolute Gasteiger partial charge is 0.454 e. The summed E-state index contributed by atoms with van der Waals surface area (Å²) in [5, 5.41) is 5.61. The number of carbonyl (C=O) groups excluding carboxylic acids is 3. The number of Topliss-reactive ketones (excluding diaryl/α,β-unsaturated/α-hetero) is 1. The van der Waals surface area contributed by atoms with Gasteiger partial charge in [-0.05, 0) is 55.0 Å². The first kappa shape index (κ1) is 22.1. The molecule has 3 aromatic carbocycles. The van der Waals surface area contributed by atoms with Gasteiger partial charge in [-0.1, -0.05) is 41.9 Å². The number of hydrogen-bond acceptors (Lipinski definition) is 5. The lowest BCUT2D eigenvalue weighted by Gasteiger charge is -2.12. The molecule has 7 nitrogen and oxygen atoms in total. The molecule has 3 aromatic rings. The third kappa shape index (κ3) is 5.22. The second-order valence-corrected chi connectivity index (χ2v) is 7.60. The Hall–Kier alpha value is -4.10. The summed E-state index contributed by atoms with van der Waals surface area (Å²) in [6.07, 6.45) is 1.51. The predicted octanol–water partition coefficient (Wildman–Crippen LogP) is 4.68. The van der Waals surface area contributed by atoms with E-state index in [1.165, 1.54) is 13.0 Å². The number of nitrogens with one attached hydrogen (secondary N) is 2. The number of amides is 2. The molecule has 0 unspecified atom stereocenters. The molecule has 0 bridgehead atoms. The first-order chi connectivity index (χ1) is 15.9. The number of ether oxygens (including phenoxy) is 2. The number of fused-ring (bicyclic) bond motifs is 1. The van der Waals surface area contributed by atoms with Crippen molar-refractivity contribution >= 4 is 41.0 Å². The van der Waals surface area contributed by atoms with Crippen LogP contribution >= 0.6 is 11.6 Å². The molecule has 0 spiro atoms. The standard InChI is InChI=1S/C25H19ClN2O5/c1-15(29)17-5-4-6-18(13-17)27-25(31)21(28-24(30)19-7-2-3-8-20(19)26)11-16-9-10-22-23(12-16)33-14-32-22/h2-13H,14H2,1H3,(H,27,31)(H,28,30). The summed E-state index contributed by atoms with van der Waals surface area (Å²) in [5.41, 5.74) is 1.68. The van der Waals surface area contributed by atoms with Crippen molar-refractivity contribution in [3.05, 3.63) is 94.1 Å². The fourth-order valence-corrected chi connectivity index (χ4v) is 3.40. The van der Waals surface area contributed by atoms with Crippen molar-refractivity contribution < 1.29 is 23.9 Å². The highest BCUT2D eigenvalue weighted by Gasteiger charge is 2.18. The molecule has 4 rings (SSSR count). The molecule has 1 heterocycles. The smallest absolute Gasteiger partial charge is 0.272 e. The average Bonchev–Trinajstić information content (AvgIpc) is 3.27. The van der Waals surface area contributed by atoms with Gasteiger partial charge < -0.3 is 20.1 Å². The molecule has 0 atom stereocenters. The number of ketones is 1. The van der Waals surface area contributed by atoms with Gasteiger partial charge in [-0.2, -0.15) is 0 Å². The summed E-state index contributed by atoms with van der Waals surface area (Å²) >= 11 is 6.14. The van der Waals surface area contributed by atoms with Crippen LogP contribution in [0.3, 0.4) is 0 Å². The van der Waals surface area contributed by atoms with E-state index in [1.54, 1.807) is 66.7 Å². The molecular formula is C25H19ClN2O5. The third-order valence-electron chi connectivity index (χ3n) is 4.85. The molecule has 2 N–H and O–H groups in total. The summed E-state index contributed by atoms with van der Waals surface area (Å²) in [6, 6.07) is 18.2. The zero-order valence-corrected chi connectivity index (χ0v) is 18.3. The summed E-state index contributed by atoms with van der Waals surface area (Å²) in [4.78, 5) is 37.6. The first-order valence-corrected chi connectivity index (χ1v) is 10.4. The van der Waals surface area contributed by atoms with Crippen molar-refractivity contribution in [3.63, 3.8) is 0 Å². The molecule has 1 aliphatic heterocycles.